The molecule has 1 heterocycles. The van der Waals surface area contributed by atoms with E-state index in [0.29, 0.717) is 0 Å². The number of hydrogen-bond donors (Lipinski definition) is 0. The fraction of sp³-hybridized carbons (Fsp3) is 0.0833. The third-order valence-corrected chi connectivity index (χ3v) is 5.78. The molecule has 0 bridgehead atoms. The van der Waals surface area contributed by atoms with Crippen LogP contribution in [0.5, 0.6) is 11.5 Å². The molecule has 4 rings (SSSR count). The number of benzene rings is 3. The van der Waals surface area contributed by atoms with Crippen molar-refractivity contribution in [1.29, 1.82) is 0 Å². The molecule has 27 heavy (non-hydrogen) atoms. The van der Waals surface area contributed by atoms with Crippen LogP contribution in [0.1, 0.15) is 0 Å². The minimum absolute atomic E-state index is 0.866. The van der Waals surface area contributed by atoms with Crippen LogP contribution in [0.3, 0.4) is 0 Å². The van der Waals surface area contributed by atoms with E-state index in [2.05, 4.69) is 60.7 Å². The summed E-state index contributed by atoms with van der Waals surface area (Å²) in [5.41, 5.74) is 4.84. The van der Waals surface area contributed by atoms with Gasteiger partial charge < -0.3 is 9.47 Å². The van der Waals surface area contributed by atoms with Crippen LogP contribution in [0.15, 0.2) is 84.9 Å². The summed E-state index contributed by atoms with van der Waals surface area (Å²) in [6, 6.07) is 29.3. The van der Waals surface area contributed by atoms with Gasteiger partial charge in [0.15, 0.2) is 0 Å². The van der Waals surface area contributed by atoms with Gasteiger partial charge in [-0.15, -0.1) is 11.3 Å². The molecule has 3 aromatic carbocycles. The first kappa shape index (κ1) is 17.4. The van der Waals surface area contributed by atoms with Crippen molar-refractivity contribution in [2.45, 2.75) is 0 Å². The smallest absolute Gasteiger partial charge is 0.118 e. The second kappa shape index (κ2) is 7.68. The molecule has 0 N–H and O–H groups in total. The van der Waals surface area contributed by atoms with E-state index in [-0.39, 0.29) is 0 Å². The van der Waals surface area contributed by atoms with Gasteiger partial charge in [0.05, 0.1) is 14.2 Å². The number of methoxy groups -OCH3 is 2. The molecule has 0 saturated carbocycles. The minimum atomic E-state index is 0.866. The van der Waals surface area contributed by atoms with E-state index < -0.39 is 0 Å². The minimum Gasteiger partial charge on any atom is -0.497 e. The summed E-state index contributed by atoms with van der Waals surface area (Å²) in [5.74, 6) is 1.74. The van der Waals surface area contributed by atoms with E-state index in [0.717, 1.165) is 11.5 Å². The average molecular weight is 372 g/mol. The highest BCUT2D eigenvalue weighted by Crippen LogP contribution is 2.43. The summed E-state index contributed by atoms with van der Waals surface area (Å²) >= 11 is 1.81. The summed E-state index contributed by atoms with van der Waals surface area (Å²) in [6.45, 7) is 0. The second-order valence-electron chi connectivity index (χ2n) is 6.18. The molecule has 0 atom stereocenters. The summed E-state index contributed by atoms with van der Waals surface area (Å²) in [4.78, 5) is 2.51. The normalized spacial score (nSPS) is 10.6. The number of thiophene rings is 1. The van der Waals surface area contributed by atoms with Crippen molar-refractivity contribution in [3.05, 3.63) is 84.9 Å². The van der Waals surface area contributed by atoms with Crippen LogP contribution in [0.4, 0.5) is 0 Å². The highest BCUT2D eigenvalue weighted by molar-refractivity contribution is 7.19. The number of rotatable bonds is 5. The molecule has 0 saturated heterocycles. The van der Waals surface area contributed by atoms with Gasteiger partial charge in [-0.1, -0.05) is 42.5 Å². The van der Waals surface area contributed by atoms with Crippen molar-refractivity contribution in [3.8, 4) is 43.5 Å². The molecular formula is C24H20O2S. The van der Waals surface area contributed by atoms with E-state index in [9.17, 15) is 0 Å². The van der Waals surface area contributed by atoms with Gasteiger partial charge >= 0.3 is 0 Å². The Bertz CT molecular complexity index is 1020. The van der Waals surface area contributed by atoms with E-state index in [1.165, 1.54) is 32.0 Å². The molecular weight excluding hydrogens is 352 g/mol. The summed E-state index contributed by atoms with van der Waals surface area (Å²) in [7, 11) is 3.38. The van der Waals surface area contributed by atoms with Gasteiger partial charge in [0.1, 0.15) is 11.5 Å². The molecule has 134 valence electrons. The molecule has 0 amide bonds. The van der Waals surface area contributed by atoms with Gasteiger partial charge in [-0.3, -0.25) is 0 Å². The Morgan fingerprint density at radius 3 is 1.70 bits per heavy atom. The van der Waals surface area contributed by atoms with Crippen LogP contribution < -0.4 is 9.47 Å². The highest BCUT2D eigenvalue weighted by atomic mass is 32.1. The van der Waals surface area contributed by atoms with Crippen LogP contribution in [-0.4, -0.2) is 14.2 Å². The van der Waals surface area contributed by atoms with Gasteiger partial charge in [0, 0.05) is 15.3 Å². The lowest BCUT2D eigenvalue weighted by Gasteiger charge is -2.05. The molecule has 1 aromatic heterocycles. The molecule has 4 aromatic rings. The molecule has 0 aliphatic heterocycles. The Balaban J connectivity index is 1.83. The zero-order valence-electron chi connectivity index (χ0n) is 15.3. The Morgan fingerprint density at radius 1 is 0.593 bits per heavy atom. The van der Waals surface area contributed by atoms with Crippen LogP contribution in [0.25, 0.3) is 32.0 Å². The first-order valence-corrected chi connectivity index (χ1v) is 9.58. The highest BCUT2D eigenvalue weighted by Gasteiger charge is 2.14. The lowest BCUT2D eigenvalue weighted by molar-refractivity contribution is 0.415. The maximum Gasteiger partial charge on any atom is 0.118 e. The molecule has 0 aliphatic carbocycles. The molecule has 2 nitrogen and oxygen atoms in total. The lowest BCUT2D eigenvalue weighted by Crippen LogP contribution is -1.83. The van der Waals surface area contributed by atoms with Gasteiger partial charge in [-0.2, -0.15) is 0 Å². The lowest BCUT2D eigenvalue weighted by atomic mass is 10.0. The molecule has 3 heteroatoms. The molecule has 0 radical (unpaired) electrons. The molecule has 0 unspecified atom stereocenters. The maximum absolute atomic E-state index is 5.31. The van der Waals surface area contributed by atoms with Crippen LogP contribution in [0, 0.1) is 0 Å². The van der Waals surface area contributed by atoms with Crippen molar-refractivity contribution < 1.29 is 9.47 Å². The fourth-order valence-corrected chi connectivity index (χ4v) is 4.27. The Labute approximate surface area is 163 Å². The average Bonchev–Trinajstić information content (AvgIpc) is 3.20. The Morgan fingerprint density at radius 2 is 1.15 bits per heavy atom. The third-order valence-electron chi connectivity index (χ3n) is 4.54. The van der Waals surface area contributed by atoms with Crippen molar-refractivity contribution in [1.82, 2.24) is 0 Å². The molecule has 0 aliphatic rings. The predicted molar refractivity (Wildman–Crippen MR) is 114 cm³/mol. The molecule has 0 spiro atoms. The molecule has 0 fully saturated rings. The zero-order valence-corrected chi connectivity index (χ0v) is 16.1. The summed E-state index contributed by atoms with van der Waals surface area (Å²) in [5, 5.41) is 0. The first-order valence-electron chi connectivity index (χ1n) is 8.76. The number of ether oxygens (including phenoxy) is 2. The SMILES string of the molecule is COc1ccc(-c2cc(-c3ccc(OC)cc3)c(-c3ccccc3)s2)cc1. The first-order chi connectivity index (χ1) is 13.3. The number of hydrogen-bond acceptors (Lipinski definition) is 3. The monoisotopic (exact) mass is 372 g/mol. The van der Waals surface area contributed by atoms with Gasteiger partial charge in [-0.25, -0.2) is 0 Å². The second-order valence-corrected chi connectivity index (χ2v) is 7.23. The predicted octanol–water partition coefficient (Wildman–Crippen LogP) is 6.77. The standard InChI is InChI=1S/C24H20O2S/c1-25-20-12-8-17(9-13-20)22-16-23(18-10-14-21(26-2)15-11-18)27-24(22)19-6-4-3-5-7-19/h3-16H,1-2H3. The van der Waals surface area contributed by atoms with Gasteiger partial charge in [-0.05, 0) is 59.2 Å². The largest absolute Gasteiger partial charge is 0.497 e. The third kappa shape index (κ3) is 3.60. The van der Waals surface area contributed by atoms with E-state index in [1.807, 2.05) is 35.6 Å². The van der Waals surface area contributed by atoms with E-state index in [1.54, 1.807) is 14.2 Å². The van der Waals surface area contributed by atoms with Crippen LogP contribution >= 0.6 is 11.3 Å². The van der Waals surface area contributed by atoms with E-state index >= 15 is 0 Å². The van der Waals surface area contributed by atoms with E-state index in [4.69, 9.17) is 9.47 Å². The maximum atomic E-state index is 5.31. The van der Waals surface area contributed by atoms with Crippen molar-refractivity contribution in [2.75, 3.05) is 14.2 Å². The van der Waals surface area contributed by atoms with Crippen LogP contribution in [-0.2, 0) is 0 Å². The topological polar surface area (TPSA) is 18.5 Å². The van der Waals surface area contributed by atoms with Crippen molar-refractivity contribution >= 4 is 11.3 Å². The Hall–Kier alpha value is -3.04. The Kier molecular flexibility index (Phi) is 4.95. The fourth-order valence-electron chi connectivity index (χ4n) is 3.08. The van der Waals surface area contributed by atoms with Crippen molar-refractivity contribution in [2.24, 2.45) is 0 Å². The van der Waals surface area contributed by atoms with Crippen LogP contribution in [0.2, 0.25) is 0 Å². The quantitative estimate of drug-likeness (QED) is 0.385. The van der Waals surface area contributed by atoms with Crippen molar-refractivity contribution in [3.63, 3.8) is 0 Å². The summed E-state index contributed by atoms with van der Waals surface area (Å²) in [6.07, 6.45) is 0. The zero-order chi connectivity index (χ0) is 18.6. The summed E-state index contributed by atoms with van der Waals surface area (Å²) < 4.78 is 10.6. The van der Waals surface area contributed by atoms with Gasteiger partial charge in [0.2, 0.25) is 0 Å². The van der Waals surface area contributed by atoms with Gasteiger partial charge in [0.25, 0.3) is 0 Å².